The first-order valence-electron chi connectivity index (χ1n) is 7.71. The van der Waals surface area contributed by atoms with Crippen molar-refractivity contribution in [2.75, 3.05) is 11.9 Å². The Kier molecular flexibility index (Phi) is 4.86. The van der Waals surface area contributed by atoms with E-state index >= 15 is 0 Å². The summed E-state index contributed by atoms with van der Waals surface area (Å²) in [6, 6.07) is 13.3. The van der Waals surface area contributed by atoms with Crippen LogP contribution >= 0.6 is 0 Å². The first-order valence-corrected chi connectivity index (χ1v) is 7.71. The van der Waals surface area contributed by atoms with Gasteiger partial charge in [-0.05, 0) is 18.6 Å². The van der Waals surface area contributed by atoms with E-state index < -0.39 is 0 Å². The molecule has 0 saturated heterocycles. The van der Waals surface area contributed by atoms with Crippen LogP contribution in [0.15, 0.2) is 61.1 Å². The highest BCUT2D eigenvalue weighted by molar-refractivity contribution is 6.03. The van der Waals surface area contributed by atoms with Crippen LogP contribution in [0.3, 0.4) is 0 Å². The number of pyridine rings is 1. The summed E-state index contributed by atoms with van der Waals surface area (Å²) in [5, 5.41) is 2.81. The number of carbonyl (C=O) groups is 1. The zero-order chi connectivity index (χ0) is 16.8. The van der Waals surface area contributed by atoms with E-state index in [1.165, 1.54) is 6.20 Å². The van der Waals surface area contributed by atoms with Crippen LogP contribution in [0.25, 0.3) is 0 Å². The van der Waals surface area contributed by atoms with Crippen molar-refractivity contribution in [2.45, 2.75) is 13.5 Å². The van der Waals surface area contributed by atoms with Gasteiger partial charge in [-0.1, -0.05) is 30.3 Å². The molecule has 2 heterocycles. The summed E-state index contributed by atoms with van der Waals surface area (Å²) in [6.45, 7) is 3.06. The van der Waals surface area contributed by atoms with Gasteiger partial charge in [0.1, 0.15) is 0 Å². The maximum atomic E-state index is 12.3. The molecule has 3 rings (SSSR count). The van der Waals surface area contributed by atoms with Crippen LogP contribution in [0, 0.1) is 0 Å². The van der Waals surface area contributed by atoms with Crippen molar-refractivity contribution in [3.8, 4) is 5.88 Å². The van der Waals surface area contributed by atoms with Crippen LogP contribution in [0.5, 0.6) is 5.88 Å². The highest BCUT2D eigenvalue weighted by atomic mass is 16.5. The van der Waals surface area contributed by atoms with Crippen LogP contribution in [0.1, 0.15) is 22.8 Å². The summed E-state index contributed by atoms with van der Waals surface area (Å²) in [4.78, 5) is 20.7. The monoisotopic (exact) mass is 322 g/mol. The van der Waals surface area contributed by atoms with Gasteiger partial charge in [-0.25, -0.2) is 9.97 Å². The van der Waals surface area contributed by atoms with Gasteiger partial charge >= 0.3 is 0 Å². The molecule has 0 aliphatic heterocycles. The summed E-state index contributed by atoms with van der Waals surface area (Å²) >= 11 is 0. The minimum Gasteiger partial charge on any atom is -0.478 e. The molecule has 1 amide bonds. The lowest BCUT2D eigenvalue weighted by molar-refractivity contribution is 0.102. The summed E-state index contributed by atoms with van der Waals surface area (Å²) < 4.78 is 7.16. The predicted molar refractivity (Wildman–Crippen MR) is 91.1 cm³/mol. The molecule has 1 N–H and O–H groups in total. The minimum atomic E-state index is -0.258. The smallest absolute Gasteiger partial charge is 0.259 e. The van der Waals surface area contributed by atoms with Gasteiger partial charge in [0.15, 0.2) is 0 Å². The Morgan fingerprint density at radius 2 is 2.00 bits per heavy atom. The normalized spacial score (nSPS) is 10.4. The van der Waals surface area contributed by atoms with Gasteiger partial charge in [-0.3, -0.25) is 10.1 Å². The Morgan fingerprint density at radius 1 is 1.17 bits per heavy atom. The number of hydrogen-bond donors (Lipinski definition) is 1. The van der Waals surface area contributed by atoms with Crippen molar-refractivity contribution in [3.05, 3.63) is 72.2 Å². The Bertz CT molecular complexity index is 797. The predicted octanol–water partition coefficient (Wildman–Crippen LogP) is 2.98. The van der Waals surface area contributed by atoms with E-state index in [9.17, 15) is 4.79 Å². The maximum absolute atomic E-state index is 12.3. The fraction of sp³-hybridized carbons (Fsp3) is 0.167. The Labute approximate surface area is 140 Å². The molecule has 122 valence electrons. The van der Waals surface area contributed by atoms with E-state index in [1.807, 2.05) is 48.0 Å². The molecule has 0 radical (unpaired) electrons. The van der Waals surface area contributed by atoms with Gasteiger partial charge in [-0.15, -0.1) is 0 Å². The summed E-state index contributed by atoms with van der Waals surface area (Å²) in [6.07, 6.45) is 4.98. The van der Waals surface area contributed by atoms with E-state index in [1.54, 1.807) is 18.3 Å². The van der Waals surface area contributed by atoms with Crippen molar-refractivity contribution in [2.24, 2.45) is 0 Å². The second kappa shape index (κ2) is 7.41. The molecule has 0 atom stereocenters. The van der Waals surface area contributed by atoms with Crippen LogP contribution in [-0.4, -0.2) is 27.0 Å². The lowest BCUT2D eigenvalue weighted by Crippen LogP contribution is -2.16. The molecule has 0 bridgehead atoms. The quantitative estimate of drug-likeness (QED) is 0.757. The molecule has 0 aliphatic rings. The molecular formula is C18H18N4O2. The second-order valence-electron chi connectivity index (χ2n) is 5.14. The van der Waals surface area contributed by atoms with E-state index in [-0.39, 0.29) is 5.91 Å². The van der Waals surface area contributed by atoms with Gasteiger partial charge in [0, 0.05) is 24.7 Å². The highest BCUT2D eigenvalue weighted by Gasteiger charge is 2.11. The molecule has 1 aromatic carbocycles. The number of rotatable bonds is 6. The molecule has 0 unspecified atom stereocenters. The molecule has 2 aromatic heterocycles. The SMILES string of the molecule is CCOc1ccc(C(=O)Nc2nccn2Cc2ccccc2)cn1. The Morgan fingerprint density at radius 3 is 2.71 bits per heavy atom. The topological polar surface area (TPSA) is 69.0 Å². The molecular weight excluding hydrogens is 304 g/mol. The van der Waals surface area contributed by atoms with Gasteiger partial charge < -0.3 is 9.30 Å². The van der Waals surface area contributed by atoms with Crippen molar-refractivity contribution < 1.29 is 9.53 Å². The summed E-state index contributed by atoms with van der Waals surface area (Å²) in [5.41, 5.74) is 1.58. The van der Waals surface area contributed by atoms with Crippen LogP contribution in [-0.2, 0) is 6.54 Å². The summed E-state index contributed by atoms with van der Waals surface area (Å²) in [7, 11) is 0. The second-order valence-corrected chi connectivity index (χ2v) is 5.14. The highest BCUT2D eigenvalue weighted by Crippen LogP contribution is 2.12. The van der Waals surface area contributed by atoms with Crippen molar-refractivity contribution >= 4 is 11.9 Å². The summed E-state index contributed by atoms with van der Waals surface area (Å²) in [5.74, 6) is 0.739. The number of nitrogens with one attached hydrogen (secondary N) is 1. The number of amides is 1. The number of carbonyl (C=O) groups excluding carboxylic acids is 1. The molecule has 0 fully saturated rings. The lowest BCUT2D eigenvalue weighted by Gasteiger charge is -2.09. The third-order valence-corrected chi connectivity index (χ3v) is 3.43. The first-order chi connectivity index (χ1) is 11.8. The largest absolute Gasteiger partial charge is 0.478 e. The first kappa shape index (κ1) is 15.7. The number of anilines is 1. The number of aromatic nitrogens is 3. The average Bonchev–Trinajstić information content (AvgIpc) is 3.03. The molecule has 0 saturated carbocycles. The van der Waals surface area contributed by atoms with E-state index in [2.05, 4.69) is 15.3 Å². The fourth-order valence-corrected chi connectivity index (χ4v) is 2.26. The van der Waals surface area contributed by atoms with Crippen LogP contribution < -0.4 is 10.1 Å². The third kappa shape index (κ3) is 3.78. The standard InChI is InChI=1S/C18H18N4O2/c1-2-24-16-9-8-15(12-20-16)17(23)21-18-19-10-11-22(18)13-14-6-4-3-5-7-14/h3-12H,2,13H2,1H3,(H,19,21,23). The number of ether oxygens (including phenoxy) is 1. The Balaban J connectivity index is 1.70. The van der Waals surface area contributed by atoms with Gasteiger partial charge in [0.25, 0.3) is 5.91 Å². The van der Waals surface area contributed by atoms with Crippen LogP contribution in [0.4, 0.5) is 5.95 Å². The van der Waals surface area contributed by atoms with Crippen LogP contribution in [0.2, 0.25) is 0 Å². The van der Waals surface area contributed by atoms with Crippen molar-refractivity contribution in [3.63, 3.8) is 0 Å². The zero-order valence-corrected chi connectivity index (χ0v) is 13.3. The van der Waals surface area contributed by atoms with Gasteiger partial charge in [0.05, 0.1) is 18.7 Å². The van der Waals surface area contributed by atoms with E-state index in [4.69, 9.17) is 4.74 Å². The molecule has 0 aliphatic carbocycles. The minimum absolute atomic E-state index is 0.258. The third-order valence-electron chi connectivity index (χ3n) is 3.43. The fourth-order valence-electron chi connectivity index (χ4n) is 2.26. The molecule has 6 heteroatoms. The Hall–Kier alpha value is -3.15. The lowest BCUT2D eigenvalue weighted by atomic mass is 10.2. The number of imidazole rings is 1. The van der Waals surface area contributed by atoms with Gasteiger partial charge in [-0.2, -0.15) is 0 Å². The molecule has 24 heavy (non-hydrogen) atoms. The molecule has 3 aromatic rings. The maximum Gasteiger partial charge on any atom is 0.259 e. The number of benzene rings is 1. The number of nitrogens with zero attached hydrogens (tertiary/aromatic N) is 3. The average molecular weight is 322 g/mol. The molecule has 6 nitrogen and oxygen atoms in total. The van der Waals surface area contributed by atoms with Gasteiger partial charge in [0.2, 0.25) is 11.8 Å². The molecule has 0 spiro atoms. The van der Waals surface area contributed by atoms with Crippen molar-refractivity contribution in [1.29, 1.82) is 0 Å². The zero-order valence-electron chi connectivity index (χ0n) is 13.3. The van der Waals surface area contributed by atoms with E-state index in [0.717, 1.165) is 5.56 Å². The van der Waals surface area contributed by atoms with Crippen molar-refractivity contribution in [1.82, 2.24) is 14.5 Å². The number of hydrogen-bond acceptors (Lipinski definition) is 4. The van der Waals surface area contributed by atoms with E-state index in [0.29, 0.717) is 30.5 Å².